The first-order chi connectivity index (χ1) is 11.5. The highest BCUT2D eigenvalue weighted by Crippen LogP contribution is 2.28. The van der Waals surface area contributed by atoms with Crippen molar-refractivity contribution in [1.29, 1.82) is 0 Å². The Morgan fingerprint density at radius 1 is 1.42 bits per heavy atom. The first kappa shape index (κ1) is 16.3. The number of furan rings is 1. The minimum absolute atomic E-state index is 0.174. The summed E-state index contributed by atoms with van der Waals surface area (Å²) < 4.78 is 5.29. The Bertz CT molecular complexity index is 840. The summed E-state index contributed by atoms with van der Waals surface area (Å²) in [5.41, 5.74) is 0.565. The zero-order chi connectivity index (χ0) is 17.1. The van der Waals surface area contributed by atoms with Gasteiger partial charge in [0, 0.05) is 18.5 Å². The van der Waals surface area contributed by atoms with Gasteiger partial charge in [0.1, 0.15) is 10.6 Å². The van der Waals surface area contributed by atoms with Gasteiger partial charge in [-0.2, -0.15) is 0 Å². The summed E-state index contributed by atoms with van der Waals surface area (Å²) in [5.74, 6) is 0.187. The van der Waals surface area contributed by atoms with Crippen molar-refractivity contribution in [3.63, 3.8) is 0 Å². The van der Waals surface area contributed by atoms with Crippen molar-refractivity contribution in [3.8, 4) is 0 Å². The average molecular weight is 362 g/mol. The van der Waals surface area contributed by atoms with Gasteiger partial charge in [-0.3, -0.25) is 19.8 Å². The molecular weight excluding hydrogens is 348 g/mol. The highest BCUT2D eigenvalue weighted by molar-refractivity contribution is 7.18. The van der Waals surface area contributed by atoms with E-state index in [1.807, 2.05) is 0 Å². The van der Waals surface area contributed by atoms with Crippen molar-refractivity contribution >= 4 is 44.8 Å². The molecule has 0 bridgehead atoms. The SMILES string of the molecule is CC(=O)N(Cc1ccco1)c1nc(C)c(C(=O)Nc2nccs2)s1. The molecule has 2 amide bonds. The minimum Gasteiger partial charge on any atom is -0.467 e. The van der Waals surface area contributed by atoms with Crippen LogP contribution < -0.4 is 10.2 Å². The number of thiazole rings is 2. The van der Waals surface area contributed by atoms with Crippen LogP contribution in [-0.4, -0.2) is 21.8 Å². The van der Waals surface area contributed by atoms with Crippen LogP contribution in [0.4, 0.5) is 10.3 Å². The van der Waals surface area contributed by atoms with E-state index < -0.39 is 0 Å². The predicted molar refractivity (Wildman–Crippen MR) is 92.5 cm³/mol. The lowest BCUT2D eigenvalue weighted by atomic mass is 10.4. The molecule has 0 aliphatic carbocycles. The van der Waals surface area contributed by atoms with Gasteiger partial charge in [0.05, 0.1) is 18.5 Å². The Hall–Kier alpha value is -2.52. The van der Waals surface area contributed by atoms with E-state index in [0.29, 0.717) is 26.6 Å². The molecule has 24 heavy (non-hydrogen) atoms. The van der Waals surface area contributed by atoms with E-state index in [4.69, 9.17) is 4.42 Å². The molecule has 0 aliphatic heterocycles. The molecule has 0 saturated heterocycles. The lowest BCUT2D eigenvalue weighted by Crippen LogP contribution is -2.27. The van der Waals surface area contributed by atoms with Crippen molar-refractivity contribution in [2.45, 2.75) is 20.4 Å². The van der Waals surface area contributed by atoms with Crippen LogP contribution in [0.25, 0.3) is 0 Å². The molecule has 0 atom stereocenters. The summed E-state index contributed by atoms with van der Waals surface area (Å²) in [5, 5.41) is 5.48. The fraction of sp³-hybridized carbons (Fsp3) is 0.200. The second-order valence-corrected chi connectivity index (χ2v) is 6.76. The number of carbonyl (C=O) groups is 2. The first-order valence-corrected chi connectivity index (χ1v) is 8.73. The van der Waals surface area contributed by atoms with Crippen molar-refractivity contribution in [1.82, 2.24) is 9.97 Å². The van der Waals surface area contributed by atoms with Gasteiger partial charge >= 0.3 is 0 Å². The first-order valence-electron chi connectivity index (χ1n) is 7.03. The number of hydrogen-bond donors (Lipinski definition) is 1. The van der Waals surface area contributed by atoms with Crippen molar-refractivity contribution in [3.05, 3.63) is 46.3 Å². The van der Waals surface area contributed by atoms with Crippen LogP contribution in [0.5, 0.6) is 0 Å². The van der Waals surface area contributed by atoms with Gasteiger partial charge in [-0.15, -0.1) is 11.3 Å². The highest BCUT2D eigenvalue weighted by Gasteiger charge is 2.22. The molecule has 3 aromatic heterocycles. The molecule has 9 heteroatoms. The number of amides is 2. The standard InChI is InChI=1S/C15H14N4O3S2/c1-9-12(13(21)18-14-16-5-7-23-14)24-15(17-9)19(10(2)20)8-11-4-3-6-22-11/h3-7H,8H2,1-2H3,(H,16,18,21). The summed E-state index contributed by atoms with van der Waals surface area (Å²) in [4.78, 5) is 34.6. The Labute approximate surface area is 146 Å². The van der Waals surface area contributed by atoms with E-state index in [0.717, 1.165) is 11.3 Å². The second kappa shape index (κ2) is 6.93. The van der Waals surface area contributed by atoms with Gasteiger partial charge in [0.15, 0.2) is 10.3 Å². The van der Waals surface area contributed by atoms with Gasteiger partial charge < -0.3 is 4.42 Å². The fourth-order valence-corrected chi connectivity index (χ4v) is 3.55. The van der Waals surface area contributed by atoms with Crippen LogP contribution in [0.2, 0.25) is 0 Å². The fourth-order valence-electron chi connectivity index (χ4n) is 2.02. The van der Waals surface area contributed by atoms with Crippen LogP contribution >= 0.6 is 22.7 Å². The van der Waals surface area contributed by atoms with Gasteiger partial charge in [0.2, 0.25) is 5.91 Å². The summed E-state index contributed by atoms with van der Waals surface area (Å²) in [6, 6.07) is 3.54. The number of nitrogens with zero attached hydrogens (tertiary/aromatic N) is 3. The predicted octanol–water partition coefficient (Wildman–Crippen LogP) is 3.31. The van der Waals surface area contributed by atoms with E-state index in [1.54, 1.807) is 36.9 Å². The maximum Gasteiger partial charge on any atom is 0.269 e. The van der Waals surface area contributed by atoms with E-state index >= 15 is 0 Å². The summed E-state index contributed by atoms with van der Waals surface area (Å²) in [7, 11) is 0. The van der Waals surface area contributed by atoms with Crippen molar-refractivity contribution < 1.29 is 14.0 Å². The molecule has 7 nitrogen and oxygen atoms in total. The zero-order valence-corrected chi connectivity index (χ0v) is 14.6. The molecule has 0 fully saturated rings. The number of nitrogens with one attached hydrogen (secondary N) is 1. The van der Waals surface area contributed by atoms with E-state index in [2.05, 4.69) is 15.3 Å². The molecule has 0 saturated carbocycles. The molecule has 3 heterocycles. The third-order valence-corrected chi connectivity index (χ3v) is 5.02. The average Bonchev–Trinajstić information content (AvgIpc) is 3.25. The number of aryl methyl sites for hydroxylation is 1. The Kier molecular flexibility index (Phi) is 4.72. The molecule has 1 N–H and O–H groups in total. The van der Waals surface area contributed by atoms with Gasteiger partial charge in [-0.25, -0.2) is 9.97 Å². The number of aromatic nitrogens is 2. The number of anilines is 2. The lowest BCUT2D eigenvalue weighted by Gasteiger charge is -2.16. The molecule has 0 aliphatic rings. The summed E-state index contributed by atoms with van der Waals surface area (Å²) in [6.45, 7) is 3.46. The van der Waals surface area contributed by atoms with Crippen molar-refractivity contribution in [2.24, 2.45) is 0 Å². The number of rotatable bonds is 5. The maximum atomic E-state index is 12.4. The molecule has 0 radical (unpaired) electrons. The lowest BCUT2D eigenvalue weighted by molar-refractivity contribution is -0.116. The largest absolute Gasteiger partial charge is 0.467 e. The Morgan fingerprint density at radius 3 is 2.88 bits per heavy atom. The van der Waals surface area contributed by atoms with Crippen LogP contribution in [0.3, 0.4) is 0 Å². The van der Waals surface area contributed by atoms with E-state index in [-0.39, 0.29) is 18.4 Å². The van der Waals surface area contributed by atoms with E-state index in [1.165, 1.54) is 23.2 Å². The monoisotopic (exact) mass is 362 g/mol. The van der Waals surface area contributed by atoms with Gasteiger partial charge in [0.25, 0.3) is 5.91 Å². The maximum absolute atomic E-state index is 12.4. The van der Waals surface area contributed by atoms with E-state index in [9.17, 15) is 9.59 Å². The molecule has 3 rings (SSSR count). The molecule has 3 aromatic rings. The molecule has 0 spiro atoms. The van der Waals surface area contributed by atoms with Crippen LogP contribution in [0, 0.1) is 6.92 Å². The molecule has 0 aromatic carbocycles. The van der Waals surface area contributed by atoms with Crippen LogP contribution in [0.15, 0.2) is 34.4 Å². The van der Waals surface area contributed by atoms with Crippen LogP contribution in [-0.2, 0) is 11.3 Å². The minimum atomic E-state index is -0.285. The summed E-state index contributed by atoms with van der Waals surface area (Å²) in [6.07, 6.45) is 3.17. The topological polar surface area (TPSA) is 88.3 Å². The van der Waals surface area contributed by atoms with Gasteiger partial charge in [-0.1, -0.05) is 11.3 Å². The molecule has 0 unspecified atom stereocenters. The van der Waals surface area contributed by atoms with Crippen molar-refractivity contribution in [2.75, 3.05) is 10.2 Å². The highest BCUT2D eigenvalue weighted by atomic mass is 32.1. The number of carbonyl (C=O) groups excluding carboxylic acids is 2. The normalized spacial score (nSPS) is 10.6. The second-order valence-electron chi connectivity index (χ2n) is 4.89. The van der Waals surface area contributed by atoms with Crippen LogP contribution in [0.1, 0.15) is 28.0 Å². The summed E-state index contributed by atoms with van der Waals surface area (Å²) >= 11 is 2.50. The third-order valence-electron chi connectivity index (χ3n) is 3.15. The Balaban J connectivity index is 1.83. The zero-order valence-electron chi connectivity index (χ0n) is 13.0. The van der Waals surface area contributed by atoms with Gasteiger partial charge in [-0.05, 0) is 19.1 Å². The number of hydrogen-bond acceptors (Lipinski definition) is 7. The quantitative estimate of drug-likeness (QED) is 0.752. The Morgan fingerprint density at radius 2 is 2.25 bits per heavy atom. The smallest absolute Gasteiger partial charge is 0.269 e. The molecule has 124 valence electrons. The molecular formula is C15H14N4O3S2. The third kappa shape index (κ3) is 3.52.